The van der Waals surface area contributed by atoms with Crippen molar-refractivity contribution in [3.05, 3.63) is 59.2 Å². The second-order valence-corrected chi connectivity index (χ2v) is 9.52. The van der Waals surface area contributed by atoms with Gasteiger partial charge in [-0.3, -0.25) is 4.79 Å². The van der Waals surface area contributed by atoms with Gasteiger partial charge < -0.3 is 0 Å². The Morgan fingerprint density at radius 2 is 1.59 bits per heavy atom. The molecule has 0 aliphatic rings. The Bertz CT molecular complexity index is 933. The summed E-state index contributed by atoms with van der Waals surface area (Å²) in [6.45, 7) is 10.5. The number of Topliss-reactive ketones (excluding diaryl/α,β-unsaturated/α-hetero) is 1. The van der Waals surface area contributed by atoms with E-state index >= 15 is 0 Å². The Morgan fingerprint density at radius 3 is 2.26 bits per heavy atom. The maximum Gasteiger partial charge on any atom is 0.138 e. The number of fused-ring (bicyclic) bond motifs is 1. The molecule has 0 atom stereocenters. The zero-order valence-corrected chi connectivity index (χ0v) is 17.7. The summed E-state index contributed by atoms with van der Waals surface area (Å²) >= 11 is 1.27. The predicted molar refractivity (Wildman–Crippen MR) is 113 cm³/mol. The van der Waals surface area contributed by atoms with Crippen molar-refractivity contribution < 1.29 is 4.79 Å². The molecule has 0 spiro atoms. The Labute approximate surface area is 166 Å². The van der Waals surface area contributed by atoms with Crippen LogP contribution in [0.1, 0.15) is 57.7 Å². The average molecular weight is 381 g/mol. The first-order valence-electron chi connectivity index (χ1n) is 9.50. The van der Waals surface area contributed by atoms with Crippen molar-refractivity contribution in [3.8, 4) is 0 Å². The third-order valence-electron chi connectivity index (χ3n) is 5.16. The van der Waals surface area contributed by atoms with Gasteiger partial charge in [-0.25, -0.2) is 0 Å². The number of nitrogens with zero attached hydrogens (tertiary/aromatic N) is 2. The zero-order valence-electron chi connectivity index (χ0n) is 16.9. The minimum absolute atomic E-state index is 0.0288. The molecular formula is C23H28N2OS. The van der Waals surface area contributed by atoms with E-state index in [0.717, 1.165) is 23.9 Å². The molecule has 0 aliphatic carbocycles. The number of aromatic nitrogens is 2. The van der Waals surface area contributed by atoms with Gasteiger partial charge in [-0.2, -0.15) is 8.75 Å². The van der Waals surface area contributed by atoms with Crippen LogP contribution in [0.4, 0.5) is 0 Å². The van der Waals surface area contributed by atoms with Crippen LogP contribution in [0.5, 0.6) is 0 Å². The molecule has 0 saturated heterocycles. The predicted octanol–water partition coefficient (Wildman–Crippen LogP) is 5.76. The Hall–Kier alpha value is -2.07. The van der Waals surface area contributed by atoms with Crippen LogP contribution < -0.4 is 0 Å². The number of hydrogen-bond acceptors (Lipinski definition) is 4. The van der Waals surface area contributed by atoms with E-state index in [1.54, 1.807) is 0 Å². The standard InChI is InChI=1S/C23H28N2OS/c1-22(2,3)20(26)14-13-16-9-11-17(12-10-16)15-23(4,5)18-7-6-8-19-21(18)25-27-24-19/h6-12H,13-15H2,1-5H3. The highest BCUT2D eigenvalue weighted by Gasteiger charge is 2.25. The van der Waals surface area contributed by atoms with Gasteiger partial charge in [0.1, 0.15) is 16.8 Å². The molecule has 0 saturated carbocycles. The molecule has 1 aromatic heterocycles. The van der Waals surface area contributed by atoms with Crippen LogP contribution in [-0.2, 0) is 23.1 Å². The van der Waals surface area contributed by atoms with Crippen molar-refractivity contribution in [1.29, 1.82) is 0 Å². The maximum absolute atomic E-state index is 12.1. The summed E-state index contributed by atoms with van der Waals surface area (Å²) in [5.41, 5.74) is 5.48. The number of aryl methyl sites for hydroxylation is 1. The van der Waals surface area contributed by atoms with Crippen LogP contribution in [0.2, 0.25) is 0 Å². The summed E-state index contributed by atoms with van der Waals surface area (Å²) in [6.07, 6.45) is 2.35. The molecule has 1 heterocycles. The Balaban J connectivity index is 1.70. The van der Waals surface area contributed by atoms with Crippen LogP contribution in [-0.4, -0.2) is 14.5 Å². The smallest absolute Gasteiger partial charge is 0.138 e. The van der Waals surface area contributed by atoms with Crippen LogP contribution in [0.25, 0.3) is 11.0 Å². The second-order valence-electron chi connectivity index (χ2n) is 8.99. The first kappa shape index (κ1) is 19.7. The summed E-state index contributed by atoms with van der Waals surface area (Å²) in [5.74, 6) is 0.317. The number of rotatable bonds is 6. The largest absolute Gasteiger partial charge is 0.299 e. The first-order valence-corrected chi connectivity index (χ1v) is 10.2. The monoisotopic (exact) mass is 380 g/mol. The van der Waals surface area contributed by atoms with E-state index in [1.807, 2.05) is 26.8 Å². The van der Waals surface area contributed by atoms with Gasteiger partial charge in [-0.15, -0.1) is 0 Å². The van der Waals surface area contributed by atoms with Gasteiger partial charge in [0.05, 0.1) is 11.7 Å². The van der Waals surface area contributed by atoms with Gasteiger partial charge in [0.2, 0.25) is 0 Å². The molecule has 4 heteroatoms. The minimum Gasteiger partial charge on any atom is -0.299 e. The highest BCUT2D eigenvalue weighted by atomic mass is 32.1. The van der Waals surface area contributed by atoms with E-state index < -0.39 is 0 Å². The fraction of sp³-hybridized carbons (Fsp3) is 0.435. The summed E-state index contributed by atoms with van der Waals surface area (Å²) in [5, 5.41) is 0. The van der Waals surface area contributed by atoms with E-state index in [4.69, 9.17) is 0 Å². The van der Waals surface area contributed by atoms with Crippen molar-refractivity contribution >= 4 is 28.5 Å². The number of carbonyl (C=O) groups is 1. The summed E-state index contributed by atoms with van der Waals surface area (Å²) < 4.78 is 8.87. The molecule has 3 rings (SSSR count). The lowest BCUT2D eigenvalue weighted by Gasteiger charge is -2.25. The highest BCUT2D eigenvalue weighted by Crippen LogP contribution is 2.32. The molecule has 3 aromatic rings. The van der Waals surface area contributed by atoms with E-state index in [1.165, 1.54) is 28.4 Å². The molecule has 0 amide bonds. The van der Waals surface area contributed by atoms with Crippen LogP contribution in [0.15, 0.2) is 42.5 Å². The normalized spacial score (nSPS) is 12.5. The van der Waals surface area contributed by atoms with Gasteiger partial charge in [0, 0.05) is 11.8 Å². The second kappa shape index (κ2) is 7.51. The molecule has 3 nitrogen and oxygen atoms in total. The Morgan fingerprint density at radius 1 is 0.926 bits per heavy atom. The number of ketones is 1. The third kappa shape index (κ3) is 4.62. The van der Waals surface area contributed by atoms with E-state index in [9.17, 15) is 4.79 Å². The van der Waals surface area contributed by atoms with Crippen LogP contribution in [0.3, 0.4) is 0 Å². The lowest BCUT2D eigenvalue weighted by molar-refractivity contribution is -0.126. The van der Waals surface area contributed by atoms with Crippen molar-refractivity contribution in [2.24, 2.45) is 5.41 Å². The van der Waals surface area contributed by atoms with Gasteiger partial charge in [0.25, 0.3) is 0 Å². The molecule has 0 aliphatic heterocycles. The minimum atomic E-state index is -0.254. The molecule has 0 bridgehead atoms. The molecule has 0 fully saturated rings. The van der Waals surface area contributed by atoms with Crippen molar-refractivity contribution in [2.45, 2.75) is 59.3 Å². The van der Waals surface area contributed by atoms with Gasteiger partial charge in [0.15, 0.2) is 0 Å². The van der Waals surface area contributed by atoms with Crippen molar-refractivity contribution in [3.63, 3.8) is 0 Å². The maximum atomic E-state index is 12.1. The summed E-state index contributed by atoms with van der Waals surface area (Å²) in [6, 6.07) is 15.0. The quantitative estimate of drug-likeness (QED) is 0.546. The number of hydrogen-bond donors (Lipinski definition) is 0. The molecular weight excluding hydrogens is 352 g/mol. The lowest BCUT2D eigenvalue weighted by Crippen LogP contribution is -2.21. The molecule has 27 heavy (non-hydrogen) atoms. The number of benzene rings is 2. The topological polar surface area (TPSA) is 42.9 Å². The van der Waals surface area contributed by atoms with Gasteiger partial charge >= 0.3 is 0 Å². The third-order valence-corrected chi connectivity index (χ3v) is 5.70. The van der Waals surface area contributed by atoms with Gasteiger partial charge in [-0.05, 0) is 41.0 Å². The van der Waals surface area contributed by atoms with Crippen molar-refractivity contribution in [1.82, 2.24) is 8.75 Å². The van der Waals surface area contributed by atoms with E-state index in [-0.39, 0.29) is 10.8 Å². The fourth-order valence-electron chi connectivity index (χ4n) is 3.41. The van der Waals surface area contributed by atoms with Crippen LogP contribution >= 0.6 is 11.7 Å². The number of carbonyl (C=O) groups excluding carboxylic acids is 1. The highest BCUT2D eigenvalue weighted by molar-refractivity contribution is 7.00. The summed E-state index contributed by atoms with van der Waals surface area (Å²) in [4.78, 5) is 12.1. The first-order chi connectivity index (χ1) is 12.7. The van der Waals surface area contributed by atoms with Gasteiger partial charge in [-0.1, -0.05) is 71.0 Å². The SMILES string of the molecule is CC(C)(C)C(=O)CCc1ccc(CC(C)(C)c2cccc3nsnc23)cc1. The lowest BCUT2D eigenvalue weighted by atomic mass is 9.78. The zero-order chi connectivity index (χ0) is 19.7. The van der Waals surface area contributed by atoms with Crippen LogP contribution in [0, 0.1) is 5.41 Å². The fourth-order valence-corrected chi connectivity index (χ4v) is 3.96. The average Bonchev–Trinajstić information content (AvgIpc) is 3.08. The van der Waals surface area contributed by atoms with E-state index in [2.05, 4.69) is 59.0 Å². The molecule has 142 valence electrons. The molecule has 0 N–H and O–H groups in total. The Kier molecular flexibility index (Phi) is 5.48. The van der Waals surface area contributed by atoms with E-state index in [0.29, 0.717) is 12.2 Å². The summed E-state index contributed by atoms with van der Waals surface area (Å²) in [7, 11) is 0. The molecule has 2 aromatic carbocycles. The molecule has 0 unspecified atom stereocenters. The molecule has 0 radical (unpaired) electrons. The van der Waals surface area contributed by atoms with Crippen molar-refractivity contribution in [2.75, 3.05) is 0 Å².